The number of nitrogens with zero attached hydrogens (tertiary/aromatic N) is 2. The molecule has 1 rings (SSSR count). The Morgan fingerprint density at radius 3 is 2.71 bits per heavy atom. The summed E-state index contributed by atoms with van der Waals surface area (Å²) in [5.74, 6) is 5.94. The molecule has 0 aliphatic heterocycles. The Labute approximate surface area is 88.1 Å². The molecule has 0 unspecified atom stereocenters. The molecule has 0 saturated carbocycles. The van der Waals surface area contributed by atoms with Crippen molar-refractivity contribution < 1.29 is 0 Å². The van der Waals surface area contributed by atoms with Gasteiger partial charge in [0.1, 0.15) is 5.04 Å². The summed E-state index contributed by atoms with van der Waals surface area (Å²) in [6.07, 6.45) is 1.56. The van der Waals surface area contributed by atoms with Crippen LogP contribution in [0.15, 0.2) is 40.4 Å². The predicted octanol–water partition coefficient (Wildman–Crippen LogP) is 1.89. The Balaban J connectivity index is 2.48. The first kappa shape index (κ1) is 10.8. The molecule has 0 radical (unpaired) electrons. The van der Waals surface area contributed by atoms with Crippen LogP contribution in [0.1, 0.15) is 5.56 Å². The molecule has 0 bridgehead atoms. The summed E-state index contributed by atoms with van der Waals surface area (Å²) in [5, 5.41) is 4.29. The molecule has 1 aromatic rings. The van der Waals surface area contributed by atoms with Crippen LogP contribution in [0.4, 0.5) is 0 Å². The maximum absolute atomic E-state index is 5.05. The SMILES string of the molecule is CN=C(/C=N\N)SCc1ccccc1. The minimum Gasteiger partial charge on any atom is -0.323 e. The molecular weight excluding hydrogens is 194 g/mol. The molecule has 2 N–H and O–H groups in total. The Kier molecular flexibility index (Phi) is 4.78. The van der Waals surface area contributed by atoms with Crippen molar-refractivity contribution in [2.45, 2.75) is 5.75 Å². The molecule has 0 saturated heterocycles. The monoisotopic (exact) mass is 207 g/mol. The fourth-order valence-electron chi connectivity index (χ4n) is 0.955. The van der Waals surface area contributed by atoms with E-state index in [1.165, 1.54) is 5.56 Å². The number of thioether (sulfide) groups is 1. The van der Waals surface area contributed by atoms with Gasteiger partial charge >= 0.3 is 0 Å². The Morgan fingerprint density at radius 2 is 2.14 bits per heavy atom. The number of hydrogen-bond acceptors (Lipinski definition) is 4. The van der Waals surface area contributed by atoms with Crippen LogP contribution < -0.4 is 5.84 Å². The molecule has 0 spiro atoms. The van der Waals surface area contributed by atoms with Crippen LogP contribution in [0, 0.1) is 0 Å². The van der Waals surface area contributed by atoms with E-state index in [1.807, 2.05) is 18.2 Å². The van der Waals surface area contributed by atoms with Crippen molar-refractivity contribution in [1.29, 1.82) is 0 Å². The molecule has 3 nitrogen and oxygen atoms in total. The molecule has 14 heavy (non-hydrogen) atoms. The van der Waals surface area contributed by atoms with E-state index >= 15 is 0 Å². The molecule has 0 heterocycles. The largest absolute Gasteiger partial charge is 0.323 e. The van der Waals surface area contributed by atoms with Crippen LogP contribution in [0.3, 0.4) is 0 Å². The molecule has 74 valence electrons. The van der Waals surface area contributed by atoms with Gasteiger partial charge in [-0.1, -0.05) is 30.3 Å². The number of nitrogens with two attached hydrogens (primary N) is 1. The minimum absolute atomic E-state index is 0.844. The zero-order chi connectivity index (χ0) is 10.2. The van der Waals surface area contributed by atoms with Crippen LogP contribution in [0.5, 0.6) is 0 Å². The number of aliphatic imine (C=N–C) groups is 1. The lowest BCUT2D eigenvalue weighted by Crippen LogP contribution is -1.97. The molecule has 0 atom stereocenters. The zero-order valence-corrected chi connectivity index (χ0v) is 8.87. The molecule has 0 aliphatic carbocycles. The standard InChI is InChI=1S/C10H13N3S/c1-12-10(7-13-11)14-8-9-5-3-2-4-6-9/h2-7H,8,11H2,1H3/b12-10?,13-7-. The quantitative estimate of drug-likeness (QED) is 0.356. The average Bonchev–Trinajstić information content (AvgIpc) is 2.25. The Morgan fingerprint density at radius 1 is 1.43 bits per heavy atom. The van der Waals surface area contributed by atoms with Gasteiger partial charge in [-0.25, -0.2) is 0 Å². The third-order valence-electron chi connectivity index (χ3n) is 1.63. The van der Waals surface area contributed by atoms with Crippen LogP contribution in [-0.2, 0) is 5.75 Å². The van der Waals surface area contributed by atoms with E-state index in [0.29, 0.717) is 0 Å². The maximum atomic E-state index is 5.05. The first-order chi connectivity index (χ1) is 6.86. The second-order valence-corrected chi connectivity index (χ2v) is 3.61. The summed E-state index contributed by atoms with van der Waals surface area (Å²) in [6, 6.07) is 10.2. The van der Waals surface area contributed by atoms with E-state index in [-0.39, 0.29) is 0 Å². The highest BCUT2D eigenvalue weighted by Crippen LogP contribution is 2.12. The highest BCUT2D eigenvalue weighted by atomic mass is 32.2. The van der Waals surface area contributed by atoms with Gasteiger partial charge in [-0.15, -0.1) is 11.8 Å². The number of hydrazone groups is 1. The molecule has 1 aromatic carbocycles. The number of benzene rings is 1. The van der Waals surface area contributed by atoms with Crippen molar-refractivity contribution in [3.05, 3.63) is 35.9 Å². The van der Waals surface area contributed by atoms with Crippen molar-refractivity contribution >= 4 is 23.0 Å². The van der Waals surface area contributed by atoms with Crippen LogP contribution >= 0.6 is 11.8 Å². The average molecular weight is 207 g/mol. The van der Waals surface area contributed by atoms with E-state index in [1.54, 1.807) is 25.0 Å². The second kappa shape index (κ2) is 6.21. The smallest absolute Gasteiger partial charge is 0.110 e. The topological polar surface area (TPSA) is 50.7 Å². The van der Waals surface area contributed by atoms with E-state index in [4.69, 9.17) is 5.84 Å². The van der Waals surface area contributed by atoms with Gasteiger partial charge in [-0.05, 0) is 5.56 Å². The fraction of sp³-hybridized carbons (Fsp3) is 0.200. The molecule has 0 fully saturated rings. The van der Waals surface area contributed by atoms with E-state index < -0.39 is 0 Å². The van der Waals surface area contributed by atoms with E-state index in [9.17, 15) is 0 Å². The fourth-order valence-corrected chi connectivity index (χ4v) is 1.73. The first-order valence-electron chi connectivity index (χ1n) is 4.23. The van der Waals surface area contributed by atoms with Gasteiger partial charge in [0.15, 0.2) is 0 Å². The minimum atomic E-state index is 0.844. The molecule has 0 aliphatic rings. The highest BCUT2D eigenvalue weighted by molar-refractivity contribution is 8.14. The van der Waals surface area contributed by atoms with E-state index in [2.05, 4.69) is 22.2 Å². The lowest BCUT2D eigenvalue weighted by Gasteiger charge is -1.99. The van der Waals surface area contributed by atoms with Gasteiger partial charge in [-0.2, -0.15) is 5.10 Å². The van der Waals surface area contributed by atoms with Crippen molar-refractivity contribution in [1.82, 2.24) is 0 Å². The predicted molar refractivity (Wildman–Crippen MR) is 63.8 cm³/mol. The summed E-state index contributed by atoms with van der Waals surface area (Å²) in [7, 11) is 1.73. The molecule has 0 aromatic heterocycles. The normalized spacial score (nSPS) is 12.2. The molecular formula is C10H13N3S. The van der Waals surface area contributed by atoms with Gasteiger partial charge in [0.05, 0.1) is 6.21 Å². The second-order valence-electron chi connectivity index (χ2n) is 2.61. The van der Waals surface area contributed by atoms with Gasteiger partial charge < -0.3 is 5.84 Å². The van der Waals surface area contributed by atoms with E-state index in [0.717, 1.165) is 10.8 Å². The third-order valence-corrected chi connectivity index (χ3v) is 2.70. The van der Waals surface area contributed by atoms with Crippen molar-refractivity contribution in [2.24, 2.45) is 15.9 Å². The van der Waals surface area contributed by atoms with Crippen LogP contribution in [0.25, 0.3) is 0 Å². The first-order valence-corrected chi connectivity index (χ1v) is 5.22. The van der Waals surface area contributed by atoms with Crippen LogP contribution in [0.2, 0.25) is 0 Å². The summed E-state index contributed by atoms with van der Waals surface area (Å²) in [6.45, 7) is 0. The Bertz CT molecular complexity index is 319. The van der Waals surface area contributed by atoms with Gasteiger partial charge in [0.25, 0.3) is 0 Å². The lowest BCUT2D eigenvalue weighted by molar-refractivity contribution is 1.27. The van der Waals surface area contributed by atoms with Crippen molar-refractivity contribution in [3.63, 3.8) is 0 Å². The van der Waals surface area contributed by atoms with Crippen LogP contribution in [-0.4, -0.2) is 18.3 Å². The third kappa shape index (κ3) is 3.62. The van der Waals surface area contributed by atoms with Gasteiger partial charge in [-0.3, -0.25) is 4.99 Å². The summed E-state index contributed by atoms with van der Waals surface area (Å²) < 4.78 is 0. The summed E-state index contributed by atoms with van der Waals surface area (Å²) >= 11 is 1.62. The zero-order valence-electron chi connectivity index (χ0n) is 8.05. The number of hydrogen-bond donors (Lipinski definition) is 1. The van der Waals surface area contributed by atoms with Gasteiger partial charge in [0.2, 0.25) is 0 Å². The van der Waals surface area contributed by atoms with Crippen molar-refractivity contribution in [3.8, 4) is 0 Å². The number of rotatable bonds is 3. The summed E-state index contributed by atoms with van der Waals surface area (Å²) in [5.41, 5.74) is 1.27. The maximum Gasteiger partial charge on any atom is 0.110 e. The molecule has 4 heteroatoms. The Hall–Kier alpha value is -1.29. The molecule has 0 amide bonds. The highest BCUT2D eigenvalue weighted by Gasteiger charge is 1.96. The van der Waals surface area contributed by atoms with Gasteiger partial charge in [0, 0.05) is 12.8 Å². The van der Waals surface area contributed by atoms with Crippen molar-refractivity contribution in [2.75, 3.05) is 7.05 Å². The summed E-state index contributed by atoms with van der Waals surface area (Å²) in [4.78, 5) is 4.04. The lowest BCUT2D eigenvalue weighted by atomic mass is 10.2.